The van der Waals surface area contributed by atoms with Gasteiger partial charge in [0.05, 0.1) is 5.57 Å². The third kappa shape index (κ3) is 6.81. The van der Waals surface area contributed by atoms with Crippen molar-refractivity contribution >= 4 is 11.9 Å². The third-order valence-corrected chi connectivity index (χ3v) is 2.53. The van der Waals surface area contributed by atoms with E-state index in [9.17, 15) is 9.59 Å². The topological polar surface area (TPSA) is 105 Å². The molecule has 110 valence electrons. The number of allylic oxidation sites excluding steroid dienone is 1. The fraction of sp³-hybridized carbons (Fsp3) is 0.692. The van der Waals surface area contributed by atoms with E-state index in [0.29, 0.717) is 18.5 Å². The summed E-state index contributed by atoms with van der Waals surface area (Å²) >= 11 is 0. The lowest BCUT2D eigenvalue weighted by Crippen LogP contribution is -2.34. The summed E-state index contributed by atoms with van der Waals surface area (Å²) in [5.41, 5.74) is 11.9. The van der Waals surface area contributed by atoms with Crippen molar-refractivity contribution in [1.82, 2.24) is 0 Å². The van der Waals surface area contributed by atoms with E-state index in [-0.39, 0.29) is 11.5 Å². The average molecular weight is 272 g/mol. The van der Waals surface area contributed by atoms with Gasteiger partial charge in [0.1, 0.15) is 6.04 Å². The van der Waals surface area contributed by atoms with Crippen LogP contribution in [0.1, 0.15) is 47.0 Å². The Morgan fingerprint density at radius 1 is 1.21 bits per heavy atom. The Kier molecular flexibility index (Phi) is 7.83. The molecular formula is C13H24N2O4. The van der Waals surface area contributed by atoms with Gasteiger partial charge in [-0.2, -0.15) is 0 Å². The van der Waals surface area contributed by atoms with Gasteiger partial charge < -0.3 is 11.5 Å². The summed E-state index contributed by atoms with van der Waals surface area (Å²) in [5, 5.41) is 0. The molecule has 0 aromatic carbocycles. The second-order valence-corrected chi connectivity index (χ2v) is 4.91. The molecule has 0 rings (SSSR count). The number of nitrogens with two attached hydrogens (primary N) is 2. The van der Waals surface area contributed by atoms with Crippen LogP contribution in [0.2, 0.25) is 0 Å². The van der Waals surface area contributed by atoms with E-state index < -0.39 is 18.0 Å². The Labute approximate surface area is 114 Å². The monoisotopic (exact) mass is 272 g/mol. The minimum Gasteiger partial charge on any atom is -0.402 e. The summed E-state index contributed by atoms with van der Waals surface area (Å²) in [4.78, 5) is 31.8. The van der Waals surface area contributed by atoms with Crippen LogP contribution in [0.5, 0.6) is 0 Å². The van der Waals surface area contributed by atoms with Gasteiger partial charge in [0.15, 0.2) is 0 Å². The van der Waals surface area contributed by atoms with Crippen molar-refractivity contribution in [3.8, 4) is 0 Å². The molecule has 6 heteroatoms. The standard InChI is InChI=1S/C13H24N2O4/c1-5-6-10(14)9(4)12(16)18-19-13(17)11(15)7-8(2)3/h8,11H,5-7,14-15H2,1-4H3/b10-9-. The molecule has 0 saturated carbocycles. The van der Waals surface area contributed by atoms with Crippen LogP contribution in [0, 0.1) is 5.92 Å². The Balaban J connectivity index is 4.30. The zero-order valence-electron chi connectivity index (χ0n) is 12.1. The van der Waals surface area contributed by atoms with Crippen molar-refractivity contribution in [2.45, 2.75) is 53.0 Å². The molecular weight excluding hydrogens is 248 g/mol. The van der Waals surface area contributed by atoms with Crippen molar-refractivity contribution in [1.29, 1.82) is 0 Å². The molecule has 1 atom stereocenters. The van der Waals surface area contributed by atoms with Gasteiger partial charge in [-0.05, 0) is 25.7 Å². The van der Waals surface area contributed by atoms with Gasteiger partial charge in [-0.25, -0.2) is 19.4 Å². The van der Waals surface area contributed by atoms with E-state index in [2.05, 4.69) is 9.78 Å². The number of rotatable bonds is 6. The molecule has 4 N–H and O–H groups in total. The minimum atomic E-state index is -0.801. The fourth-order valence-corrected chi connectivity index (χ4v) is 1.40. The summed E-state index contributed by atoms with van der Waals surface area (Å²) in [6, 6.07) is -0.801. The summed E-state index contributed by atoms with van der Waals surface area (Å²) in [7, 11) is 0. The highest BCUT2D eigenvalue weighted by Crippen LogP contribution is 2.08. The normalized spacial score (nSPS) is 13.8. The quantitative estimate of drug-likeness (QED) is 0.430. The number of hydrogen-bond donors (Lipinski definition) is 2. The van der Waals surface area contributed by atoms with Crippen LogP contribution in [0.25, 0.3) is 0 Å². The van der Waals surface area contributed by atoms with Crippen LogP contribution in [-0.4, -0.2) is 18.0 Å². The highest BCUT2D eigenvalue weighted by molar-refractivity contribution is 5.88. The predicted octanol–water partition coefficient (Wildman–Crippen LogP) is 1.39. The van der Waals surface area contributed by atoms with Crippen molar-refractivity contribution in [3.63, 3.8) is 0 Å². The maximum atomic E-state index is 11.5. The third-order valence-electron chi connectivity index (χ3n) is 2.53. The number of carbonyl (C=O) groups is 2. The molecule has 0 saturated heterocycles. The Bertz CT molecular complexity index is 351. The maximum absolute atomic E-state index is 11.5. The van der Waals surface area contributed by atoms with E-state index in [4.69, 9.17) is 11.5 Å². The van der Waals surface area contributed by atoms with E-state index in [0.717, 1.165) is 6.42 Å². The van der Waals surface area contributed by atoms with Crippen LogP contribution >= 0.6 is 0 Å². The molecule has 0 amide bonds. The molecule has 0 fully saturated rings. The molecule has 0 aliphatic heterocycles. The van der Waals surface area contributed by atoms with Crippen molar-refractivity contribution in [2.24, 2.45) is 17.4 Å². The predicted molar refractivity (Wildman–Crippen MR) is 71.4 cm³/mol. The van der Waals surface area contributed by atoms with E-state index in [1.54, 1.807) is 0 Å². The van der Waals surface area contributed by atoms with Gasteiger partial charge in [-0.15, -0.1) is 0 Å². The lowest BCUT2D eigenvalue weighted by atomic mass is 10.1. The first kappa shape index (κ1) is 17.4. The van der Waals surface area contributed by atoms with Gasteiger partial charge in [0.25, 0.3) is 0 Å². The lowest BCUT2D eigenvalue weighted by Gasteiger charge is -2.12. The first-order chi connectivity index (χ1) is 8.79. The van der Waals surface area contributed by atoms with Crippen molar-refractivity contribution < 1.29 is 19.4 Å². The lowest BCUT2D eigenvalue weighted by molar-refractivity contribution is -0.257. The van der Waals surface area contributed by atoms with E-state index in [1.807, 2.05) is 20.8 Å². The summed E-state index contributed by atoms with van der Waals surface area (Å²) in [5.74, 6) is -1.28. The maximum Gasteiger partial charge on any atom is 0.383 e. The first-order valence-electron chi connectivity index (χ1n) is 6.43. The highest BCUT2D eigenvalue weighted by Gasteiger charge is 2.20. The molecule has 6 nitrogen and oxygen atoms in total. The molecule has 19 heavy (non-hydrogen) atoms. The largest absolute Gasteiger partial charge is 0.402 e. The Morgan fingerprint density at radius 2 is 1.79 bits per heavy atom. The second kappa shape index (κ2) is 8.53. The van der Waals surface area contributed by atoms with Crippen LogP contribution in [0.3, 0.4) is 0 Å². The van der Waals surface area contributed by atoms with Crippen LogP contribution in [-0.2, 0) is 19.4 Å². The van der Waals surface area contributed by atoms with Gasteiger partial charge in [-0.1, -0.05) is 27.2 Å². The van der Waals surface area contributed by atoms with E-state index >= 15 is 0 Å². The SMILES string of the molecule is CCC/C(N)=C(\C)C(=O)OOC(=O)C(N)CC(C)C. The first-order valence-corrected chi connectivity index (χ1v) is 6.43. The highest BCUT2D eigenvalue weighted by atomic mass is 17.2. The van der Waals surface area contributed by atoms with Crippen LogP contribution in [0.4, 0.5) is 0 Å². The molecule has 0 aliphatic carbocycles. The molecule has 0 bridgehead atoms. The van der Waals surface area contributed by atoms with Crippen LogP contribution in [0.15, 0.2) is 11.3 Å². The van der Waals surface area contributed by atoms with Crippen molar-refractivity contribution in [2.75, 3.05) is 0 Å². The van der Waals surface area contributed by atoms with Gasteiger partial charge in [-0.3, -0.25) is 0 Å². The Morgan fingerprint density at radius 3 is 2.26 bits per heavy atom. The van der Waals surface area contributed by atoms with Crippen LogP contribution < -0.4 is 11.5 Å². The molecule has 0 aliphatic rings. The van der Waals surface area contributed by atoms with Gasteiger partial charge in [0, 0.05) is 5.70 Å². The summed E-state index contributed by atoms with van der Waals surface area (Å²) in [6.07, 6.45) is 1.86. The summed E-state index contributed by atoms with van der Waals surface area (Å²) in [6.45, 7) is 7.32. The zero-order chi connectivity index (χ0) is 15.0. The molecule has 1 unspecified atom stereocenters. The smallest absolute Gasteiger partial charge is 0.383 e. The van der Waals surface area contributed by atoms with E-state index in [1.165, 1.54) is 6.92 Å². The van der Waals surface area contributed by atoms with Gasteiger partial charge >= 0.3 is 11.9 Å². The van der Waals surface area contributed by atoms with Crippen molar-refractivity contribution in [3.05, 3.63) is 11.3 Å². The zero-order valence-corrected chi connectivity index (χ0v) is 12.1. The summed E-state index contributed by atoms with van der Waals surface area (Å²) < 4.78 is 0. The minimum absolute atomic E-state index is 0.243. The molecule has 0 heterocycles. The molecule has 0 aromatic rings. The molecule has 0 spiro atoms. The second-order valence-electron chi connectivity index (χ2n) is 4.91. The number of hydrogen-bond acceptors (Lipinski definition) is 6. The fourth-order valence-electron chi connectivity index (χ4n) is 1.40. The van der Waals surface area contributed by atoms with Gasteiger partial charge in [0.2, 0.25) is 0 Å². The Hall–Kier alpha value is -1.56. The number of carbonyl (C=O) groups excluding carboxylic acids is 2. The average Bonchev–Trinajstić information content (AvgIpc) is 2.33. The molecule has 0 radical (unpaired) electrons. The molecule has 0 aromatic heterocycles.